The molecule has 0 aromatic carbocycles. The summed E-state index contributed by atoms with van der Waals surface area (Å²) >= 11 is 2.49. The number of ether oxygens (including phenoxy) is 8. The predicted molar refractivity (Wildman–Crippen MR) is 548 cm³/mol. The van der Waals surface area contributed by atoms with Gasteiger partial charge in [0.05, 0.1) is 115 Å². The number of nitrogens with two attached hydrogens (primary N) is 2. The van der Waals surface area contributed by atoms with E-state index in [2.05, 4.69) is 42.5 Å². The largest absolute Gasteiger partial charge is 0.481 e. The highest BCUT2D eigenvalue weighted by atomic mass is 32.2. The van der Waals surface area contributed by atoms with Crippen LogP contribution in [0, 0.1) is 23.7 Å². The maximum Gasteiger partial charge on any atom is 0.326 e. The van der Waals surface area contributed by atoms with E-state index in [-0.39, 0.29) is 342 Å². The number of nitrogens with one attached hydrogen (secondary N) is 8. The van der Waals surface area contributed by atoms with Crippen molar-refractivity contribution < 1.29 is 175 Å². The fourth-order valence-electron chi connectivity index (χ4n) is 12.2. The van der Waals surface area contributed by atoms with Gasteiger partial charge in [0.15, 0.2) is 0 Å². The van der Waals surface area contributed by atoms with Crippen molar-refractivity contribution >= 4 is 141 Å². The highest BCUT2D eigenvalue weighted by Crippen LogP contribution is 2.21. The molecule has 8 amide bonds. The van der Waals surface area contributed by atoms with Crippen molar-refractivity contribution in [2.45, 2.75) is 299 Å². The van der Waals surface area contributed by atoms with Crippen molar-refractivity contribution in [1.82, 2.24) is 42.5 Å². The van der Waals surface area contributed by atoms with E-state index in [1.165, 1.54) is 37.4 Å². The maximum atomic E-state index is 12.3. The fourth-order valence-corrected chi connectivity index (χ4v) is 14.4. The molecule has 0 aromatic rings. The summed E-state index contributed by atoms with van der Waals surface area (Å²) in [5.41, 5.74) is 10.2. The minimum absolute atomic E-state index is 0. The Bertz CT molecular complexity index is 3580. The van der Waals surface area contributed by atoms with E-state index in [9.17, 15) is 106 Å². The standard InChI is InChI=1S/C45H78N4O17S.C43H74N4O17S.2C4H9NO.2CH4/c1-2-34(38(52)28-35(29-50)44(59)60)32-67-33-42(56)47-20-19-46-40(54)30-66-27-25-64-23-21-48-41(55)31-65-26-24-63-22-13-14-36(51)17-18-37(45(61)62)49-39(53)15-11-9-7-5-3-4-6-8-10-12-16-43(57)58;1-2-32(36(50)26-33(27-48)42(57)58)30-65-31-40(54)45-18-17-44-38(52)28-64-25-23-62-21-19-46-39(53)29-63-24-22-61-20-11-12-34(49)15-16-35(43(59)60)47-37(51)13-9-7-5-3-4-6-8-10-14-41(55)56;2*1-3(5)4(2)6;;/h34-35,37,50H,2-33H2,1H3,(H,46,54)(H,47,56)(H,48,55)(H,49,53)(H,57,58)(H,59,60)(H,61,62);32-33,35,48H,2-31H2,1H3,(H,44,52)(H,45,54)(H,46,53)(H,47,51)(H,55,56)(H,57,58)(H,59,60);2*3H,5H2,1-2H3;2*1H4/t34-,35-,37-;32-,33-,35-;2*3-;;/m0000../s1. The molecule has 0 spiro atoms. The molecular formula is C98H178N10O36S2. The number of aliphatic hydroxyl groups is 2. The van der Waals surface area contributed by atoms with Crippen LogP contribution in [-0.4, -0.2) is 364 Å². The Morgan fingerprint density at radius 1 is 0.288 bits per heavy atom. The molecule has 0 aliphatic rings. The fraction of sp³-hybridized carbons (Fsp3) is 0.796. The number of carboxylic acid groups (broad SMARTS) is 6. The third-order valence-corrected chi connectivity index (χ3v) is 23.4. The highest BCUT2D eigenvalue weighted by molar-refractivity contribution is 8.00. The van der Waals surface area contributed by atoms with Gasteiger partial charge in [-0.3, -0.25) is 86.3 Å². The summed E-state index contributed by atoms with van der Waals surface area (Å²) in [6.07, 6.45) is 19.2. The van der Waals surface area contributed by atoms with Crippen LogP contribution in [-0.2, 0) is 134 Å². The molecule has 20 N–H and O–H groups in total. The Morgan fingerprint density at radius 2 is 0.534 bits per heavy atom. The van der Waals surface area contributed by atoms with Crippen molar-refractivity contribution in [1.29, 1.82) is 0 Å². The molecule has 0 aliphatic carbocycles. The monoisotopic (exact) mass is 2140 g/mol. The second-order valence-corrected chi connectivity index (χ2v) is 36.1. The molecule has 0 saturated heterocycles. The number of carbonyl (C=O) groups excluding carboxylic acids is 14. The average molecular weight is 2140 g/mol. The summed E-state index contributed by atoms with van der Waals surface area (Å²) in [5, 5.41) is 93.4. The highest BCUT2D eigenvalue weighted by Gasteiger charge is 2.29. The van der Waals surface area contributed by atoms with Gasteiger partial charge in [0.2, 0.25) is 47.3 Å². The van der Waals surface area contributed by atoms with Crippen molar-refractivity contribution in [3.8, 4) is 0 Å². The third kappa shape index (κ3) is 101. The molecule has 0 heterocycles. The number of carboxylic acids is 6. The Morgan fingerprint density at radius 3 is 0.781 bits per heavy atom. The molecule has 46 nitrogen and oxygen atoms in total. The van der Waals surface area contributed by atoms with Crippen LogP contribution >= 0.6 is 23.5 Å². The van der Waals surface area contributed by atoms with Crippen LogP contribution in [0.15, 0.2) is 0 Å². The zero-order valence-electron chi connectivity index (χ0n) is 85.4. The second-order valence-electron chi connectivity index (χ2n) is 34.0. The minimum Gasteiger partial charge on any atom is -0.481 e. The number of ketones is 6. The van der Waals surface area contributed by atoms with Crippen LogP contribution in [0.3, 0.4) is 0 Å². The molecule has 0 aliphatic heterocycles. The first-order valence-corrected chi connectivity index (χ1v) is 52.1. The van der Waals surface area contributed by atoms with Gasteiger partial charge in [-0.2, -0.15) is 23.5 Å². The molecule has 0 fully saturated rings. The van der Waals surface area contributed by atoms with Crippen LogP contribution in [0.4, 0.5) is 0 Å². The first kappa shape index (κ1) is 147. The molecule has 0 radical (unpaired) electrons. The van der Waals surface area contributed by atoms with E-state index in [0.717, 1.165) is 96.3 Å². The Balaban J connectivity index is -0.000000594. The lowest BCUT2D eigenvalue weighted by Crippen LogP contribution is -2.41. The van der Waals surface area contributed by atoms with Gasteiger partial charge in [-0.15, -0.1) is 0 Å². The summed E-state index contributed by atoms with van der Waals surface area (Å²) in [6.45, 7) is 11.4. The zero-order valence-corrected chi connectivity index (χ0v) is 87.1. The van der Waals surface area contributed by atoms with Crippen LogP contribution in [0.5, 0.6) is 0 Å². The van der Waals surface area contributed by atoms with Gasteiger partial charge < -0.3 is 133 Å². The number of hydrogen-bond acceptors (Lipinski definition) is 34. The maximum absolute atomic E-state index is 12.3. The van der Waals surface area contributed by atoms with Gasteiger partial charge in [0, 0.05) is 140 Å². The van der Waals surface area contributed by atoms with Gasteiger partial charge in [-0.1, -0.05) is 119 Å². The number of amides is 8. The Kier molecular flexibility index (Phi) is 104. The number of aliphatic carboxylic acids is 6. The summed E-state index contributed by atoms with van der Waals surface area (Å²) < 4.78 is 42.7. The van der Waals surface area contributed by atoms with Crippen LogP contribution in [0.1, 0.15) is 275 Å². The van der Waals surface area contributed by atoms with Crippen molar-refractivity contribution in [3.05, 3.63) is 0 Å². The Labute approximate surface area is 869 Å². The van der Waals surface area contributed by atoms with E-state index >= 15 is 0 Å². The zero-order chi connectivity index (χ0) is 109. The first-order valence-electron chi connectivity index (χ1n) is 49.8. The Hall–Kier alpha value is -9.18. The van der Waals surface area contributed by atoms with E-state index in [1.807, 2.05) is 0 Å². The lowest BCUT2D eigenvalue weighted by atomic mass is 9.94. The number of unbranched alkanes of at least 4 members (excludes halogenated alkanes) is 16. The van der Waals surface area contributed by atoms with Crippen LogP contribution < -0.4 is 54.0 Å². The second kappa shape index (κ2) is 103. The van der Waals surface area contributed by atoms with Gasteiger partial charge in [-0.05, 0) is 91.9 Å². The summed E-state index contributed by atoms with van der Waals surface area (Å²) in [7, 11) is 0. The third-order valence-electron chi connectivity index (χ3n) is 21.2. The number of rotatable bonds is 96. The van der Waals surface area contributed by atoms with Crippen molar-refractivity contribution in [3.63, 3.8) is 0 Å². The molecule has 0 rings (SSSR count). The van der Waals surface area contributed by atoms with Gasteiger partial charge >= 0.3 is 35.8 Å². The predicted octanol–water partition coefficient (Wildman–Crippen LogP) is 4.89. The normalized spacial score (nSPS) is 12.3. The molecule has 8 atom stereocenters. The average Bonchev–Trinajstić information content (AvgIpc) is 1.06. The number of hydrogen-bond donors (Lipinski definition) is 18. The van der Waals surface area contributed by atoms with Crippen molar-refractivity contribution in [2.24, 2.45) is 35.1 Å². The lowest BCUT2D eigenvalue weighted by Gasteiger charge is -2.15. The topological polar surface area (TPSA) is 725 Å². The molecule has 0 unspecified atom stereocenters. The van der Waals surface area contributed by atoms with E-state index < -0.39 is 84.8 Å². The van der Waals surface area contributed by atoms with Crippen molar-refractivity contribution in [2.75, 3.05) is 181 Å². The molecule has 848 valence electrons. The molecule has 0 saturated carbocycles. The number of carbonyl (C=O) groups is 20. The smallest absolute Gasteiger partial charge is 0.326 e. The quantitative estimate of drug-likeness (QED) is 0.0360. The van der Waals surface area contributed by atoms with Gasteiger partial charge in [0.25, 0.3) is 0 Å². The van der Waals surface area contributed by atoms with E-state index in [1.54, 1.807) is 27.7 Å². The number of aliphatic hydroxyl groups excluding tert-OH is 2. The van der Waals surface area contributed by atoms with Gasteiger partial charge in [-0.25, -0.2) is 9.59 Å². The molecular weight excluding hydrogens is 1960 g/mol. The van der Waals surface area contributed by atoms with Crippen LogP contribution in [0.25, 0.3) is 0 Å². The summed E-state index contributed by atoms with van der Waals surface area (Å²) in [4.78, 5) is 232. The number of Topliss-reactive ketones (excluding diaryl/α,β-unsaturated/α-hetero) is 6. The minimum atomic E-state index is -1.23. The lowest BCUT2D eigenvalue weighted by molar-refractivity contribution is -0.146. The summed E-state index contributed by atoms with van der Waals surface area (Å²) in [5.74, 6) is -12.1. The SMILES string of the molecule is C.C.CC(=O)[C@H](C)N.CC(=O)[C@H](C)N.CC[C@@H](CSCC(=O)NCCNC(=O)COCCOCCNC(=O)COCCOCCCC(=O)CC[C@H](NC(=O)CCCCCCCCCCC(=O)O)C(=O)O)C(=O)C[C@@H](CO)C(=O)O.CC[C@@H](CSCC(=O)NCCNC(=O)COCCOCCNC(=O)COCCOCCCC(=O)CC[C@H](NC(=O)CCCCCCCCCCCCC(=O)O)C(=O)O)C(=O)C[C@@H](CO)C(=O)O. The summed E-state index contributed by atoms with van der Waals surface area (Å²) in [6, 6.07) is -2.84. The van der Waals surface area contributed by atoms with E-state index in [4.69, 9.17) is 80.0 Å². The van der Waals surface area contributed by atoms with Gasteiger partial charge in [0.1, 0.15) is 73.2 Å². The molecule has 146 heavy (non-hydrogen) atoms. The first-order chi connectivity index (χ1) is 68.7. The molecule has 48 heteroatoms. The van der Waals surface area contributed by atoms with E-state index in [0.29, 0.717) is 56.5 Å². The van der Waals surface area contributed by atoms with Crippen LogP contribution in [0.2, 0.25) is 0 Å². The molecule has 0 bridgehead atoms. The molecule has 0 aromatic heterocycles. The number of thioether (sulfide) groups is 2.